The highest BCUT2D eigenvalue weighted by Gasteiger charge is 2.42. The summed E-state index contributed by atoms with van der Waals surface area (Å²) in [7, 11) is 0. The highest BCUT2D eigenvalue weighted by atomic mass is 35.5. The van der Waals surface area contributed by atoms with Crippen molar-refractivity contribution in [3.8, 4) is 0 Å². The van der Waals surface area contributed by atoms with Gasteiger partial charge in [0.15, 0.2) is 5.60 Å². The first-order valence-electron chi connectivity index (χ1n) is 14.1. The minimum Gasteiger partial charge on any atom is -0.441 e. The van der Waals surface area contributed by atoms with E-state index in [1.54, 1.807) is 48.5 Å². The Labute approximate surface area is 266 Å². The Morgan fingerprint density at radius 3 is 1.57 bits per heavy atom. The monoisotopic (exact) mass is 653 g/mol. The van der Waals surface area contributed by atoms with Crippen molar-refractivity contribution in [1.29, 1.82) is 0 Å². The normalized spacial score (nSPS) is 12.2. The predicted molar refractivity (Wildman–Crippen MR) is 163 cm³/mol. The van der Waals surface area contributed by atoms with Crippen LogP contribution in [0.15, 0.2) is 127 Å². The molecular formula is C36H26ClF6NO2. The summed E-state index contributed by atoms with van der Waals surface area (Å²) >= 11 is 6.70. The Bertz CT molecular complexity index is 1720. The van der Waals surface area contributed by atoms with E-state index in [9.17, 15) is 31.1 Å². The van der Waals surface area contributed by atoms with Crippen LogP contribution in [0.2, 0.25) is 5.02 Å². The van der Waals surface area contributed by atoms with Crippen LogP contribution in [0.5, 0.6) is 0 Å². The van der Waals surface area contributed by atoms with E-state index in [0.29, 0.717) is 39.4 Å². The summed E-state index contributed by atoms with van der Waals surface area (Å²) in [6, 6.07) is 33.3. The molecule has 0 aromatic heterocycles. The third-order valence-corrected chi connectivity index (χ3v) is 7.68. The number of nitrogens with one attached hydrogen (secondary N) is 1. The van der Waals surface area contributed by atoms with Crippen LogP contribution in [0.3, 0.4) is 0 Å². The SMILES string of the molecule is O=C(OC(c1ccccc1)(c1ccccc1)c1ccccc1Cl)c1ccc(CNCc2cc(C(F)(F)F)cc(C(F)(F)F)c2)cc1. The summed E-state index contributed by atoms with van der Waals surface area (Å²) in [6.07, 6.45) is -9.85. The van der Waals surface area contributed by atoms with Crippen LogP contribution < -0.4 is 5.32 Å². The van der Waals surface area contributed by atoms with Gasteiger partial charge >= 0.3 is 18.3 Å². The lowest BCUT2D eigenvalue weighted by atomic mass is 9.80. The molecule has 0 bridgehead atoms. The van der Waals surface area contributed by atoms with Crippen molar-refractivity contribution in [2.45, 2.75) is 31.0 Å². The number of alkyl halides is 6. The van der Waals surface area contributed by atoms with Crippen molar-refractivity contribution in [2.24, 2.45) is 0 Å². The van der Waals surface area contributed by atoms with Crippen molar-refractivity contribution in [3.63, 3.8) is 0 Å². The Balaban J connectivity index is 1.38. The van der Waals surface area contributed by atoms with Gasteiger partial charge in [0.2, 0.25) is 0 Å². The third kappa shape index (κ3) is 7.27. The topological polar surface area (TPSA) is 38.3 Å². The predicted octanol–water partition coefficient (Wildman–Crippen LogP) is 9.82. The molecule has 0 radical (unpaired) electrons. The first-order valence-corrected chi connectivity index (χ1v) is 14.4. The van der Waals surface area contributed by atoms with Gasteiger partial charge in [-0.2, -0.15) is 26.3 Å². The molecule has 5 rings (SSSR count). The van der Waals surface area contributed by atoms with Crippen molar-refractivity contribution in [1.82, 2.24) is 5.32 Å². The number of carbonyl (C=O) groups excluding carboxylic acids is 1. The van der Waals surface area contributed by atoms with Crippen LogP contribution in [-0.4, -0.2) is 5.97 Å². The summed E-state index contributed by atoms with van der Waals surface area (Å²) in [5, 5.41) is 3.26. The van der Waals surface area contributed by atoms with Crippen molar-refractivity contribution in [2.75, 3.05) is 0 Å². The first-order chi connectivity index (χ1) is 21.9. The lowest BCUT2D eigenvalue weighted by molar-refractivity contribution is -0.143. The highest BCUT2D eigenvalue weighted by molar-refractivity contribution is 6.31. The average Bonchev–Trinajstić information content (AvgIpc) is 3.04. The zero-order valence-corrected chi connectivity index (χ0v) is 24.8. The average molecular weight is 654 g/mol. The second kappa shape index (κ2) is 13.4. The second-order valence-electron chi connectivity index (χ2n) is 10.5. The second-order valence-corrected chi connectivity index (χ2v) is 10.9. The van der Waals surface area contributed by atoms with Crippen LogP contribution in [0.1, 0.15) is 49.3 Å². The maximum atomic E-state index is 13.8. The molecule has 5 aromatic carbocycles. The van der Waals surface area contributed by atoms with Gasteiger partial charge in [0.05, 0.1) is 16.7 Å². The number of hydrogen-bond acceptors (Lipinski definition) is 3. The fraction of sp³-hybridized carbons (Fsp3) is 0.139. The van der Waals surface area contributed by atoms with Crippen molar-refractivity contribution in [3.05, 3.63) is 177 Å². The molecule has 5 aromatic rings. The number of benzene rings is 5. The van der Waals surface area contributed by atoms with Gasteiger partial charge in [-0.1, -0.05) is 103 Å². The van der Waals surface area contributed by atoms with Crippen LogP contribution >= 0.6 is 11.6 Å². The van der Waals surface area contributed by atoms with Crippen LogP contribution in [0, 0.1) is 0 Å². The summed E-state index contributed by atoms with van der Waals surface area (Å²) in [6.45, 7) is -0.129. The third-order valence-electron chi connectivity index (χ3n) is 7.35. The minimum atomic E-state index is -4.93. The Kier molecular flexibility index (Phi) is 9.55. The lowest BCUT2D eigenvalue weighted by Crippen LogP contribution is -2.35. The molecular weight excluding hydrogens is 628 g/mol. The number of hydrogen-bond donors (Lipinski definition) is 1. The van der Waals surface area contributed by atoms with Gasteiger partial charge in [0.25, 0.3) is 0 Å². The summed E-state index contributed by atoms with van der Waals surface area (Å²) in [5.41, 5.74) is -1.55. The van der Waals surface area contributed by atoms with E-state index >= 15 is 0 Å². The van der Waals surface area contributed by atoms with Gasteiger partial charge in [0, 0.05) is 34.8 Å². The van der Waals surface area contributed by atoms with Gasteiger partial charge in [-0.15, -0.1) is 0 Å². The largest absolute Gasteiger partial charge is 0.441 e. The zero-order chi connectivity index (χ0) is 33.0. The molecule has 0 saturated carbocycles. The molecule has 0 aliphatic carbocycles. The molecule has 0 unspecified atom stereocenters. The minimum absolute atomic E-state index is 0.0946. The maximum Gasteiger partial charge on any atom is 0.416 e. The molecule has 0 aliphatic heterocycles. The first kappa shape index (κ1) is 32.8. The van der Waals surface area contributed by atoms with E-state index < -0.39 is 35.0 Å². The summed E-state index contributed by atoms with van der Waals surface area (Å²) in [5.74, 6) is -0.643. The van der Waals surface area contributed by atoms with E-state index in [1.807, 2.05) is 60.7 Å². The molecule has 0 spiro atoms. The van der Waals surface area contributed by atoms with Gasteiger partial charge < -0.3 is 10.1 Å². The molecule has 10 heteroatoms. The van der Waals surface area contributed by atoms with Gasteiger partial charge in [-0.3, -0.25) is 0 Å². The Morgan fingerprint density at radius 1 is 0.587 bits per heavy atom. The van der Waals surface area contributed by atoms with E-state index in [-0.39, 0.29) is 30.3 Å². The Morgan fingerprint density at radius 2 is 1.07 bits per heavy atom. The van der Waals surface area contributed by atoms with Crippen molar-refractivity contribution >= 4 is 17.6 Å². The van der Waals surface area contributed by atoms with Crippen LogP contribution in [0.25, 0.3) is 0 Å². The molecule has 0 atom stereocenters. The molecule has 1 N–H and O–H groups in total. The zero-order valence-electron chi connectivity index (χ0n) is 24.0. The van der Waals surface area contributed by atoms with E-state index in [0.717, 1.165) is 0 Å². The molecule has 0 amide bonds. The molecule has 0 fully saturated rings. The van der Waals surface area contributed by atoms with Gasteiger partial charge in [0.1, 0.15) is 0 Å². The van der Waals surface area contributed by atoms with Crippen LogP contribution in [0.4, 0.5) is 26.3 Å². The van der Waals surface area contributed by atoms with Gasteiger partial charge in [-0.05, 0) is 47.5 Å². The molecule has 3 nitrogen and oxygen atoms in total. The molecule has 0 heterocycles. The van der Waals surface area contributed by atoms with Gasteiger partial charge in [-0.25, -0.2) is 4.79 Å². The number of carbonyl (C=O) groups is 1. The van der Waals surface area contributed by atoms with Crippen molar-refractivity contribution < 1.29 is 35.9 Å². The van der Waals surface area contributed by atoms with E-state index in [2.05, 4.69) is 5.32 Å². The maximum absolute atomic E-state index is 13.8. The Hall–Kier alpha value is -4.60. The quantitative estimate of drug-likeness (QED) is 0.0978. The molecule has 46 heavy (non-hydrogen) atoms. The fourth-order valence-corrected chi connectivity index (χ4v) is 5.44. The van der Waals surface area contributed by atoms with E-state index in [1.165, 1.54) is 0 Å². The molecule has 236 valence electrons. The number of esters is 1. The summed E-state index contributed by atoms with van der Waals surface area (Å²) in [4.78, 5) is 13.8. The highest BCUT2D eigenvalue weighted by Crippen LogP contribution is 2.44. The fourth-order valence-electron chi connectivity index (χ4n) is 5.17. The lowest BCUT2D eigenvalue weighted by Gasteiger charge is -2.36. The number of halogens is 7. The molecule has 0 aliphatic rings. The summed E-state index contributed by atoms with van der Waals surface area (Å²) < 4.78 is 85.6. The standard InChI is InChI=1S/C36H26ClF6NO2/c37-32-14-8-7-13-31(32)34(27-9-3-1-4-10-27,28-11-5-2-6-12-28)46-33(45)26-17-15-24(16-18-26)22-44-23-25-19-29(35(38,39)40)21-30(20-25)36(41,42)43/h1-21,44H,22-23H2. The molecule has 0 saturated heterocycles. The van der Waals surface area contributed by atoms with E-state index in [4.69, 9.17) is 16.3 Å². The number of rotatable bonds is 9. The smallest absolute Gasteiger partial charge is 0.416 e. The van der Waals surface area contributed by atoms with Crippen LogP contribution in [-0.2, 0) is 35.8 Å². The number of ether oxygens (including phenoxy) is 1.